The maximum atomic E-state index is 9.22. The Morgan fingerprint density at radius 1 is 0.574 bits per heavy atom. The molecule has 0 saturated heterocycles. The smallest absolute Gasteiger partial charge is 0.150 e. The molecule has 2 bridgehead atoms. The normalized spacial score (nSPS) is 18.1. The first-order chi connectivity index (χ1) is 22.9. The Kier molecular flexibility index (Phi) is 8.82. The molecule has 0 amide bonds. The molecule has 224 valence electrons. The zero-order chi connectivity index (χ0) is 32.8. The monoisotopic (exact) mass is 605 g/mol. The molecule has 0 spiro atoms. The lowest BCUT2D eigenvalue weighted by Crippen LogP contribution is -2.53. The summed E-state index contributed by atoms with van der Waals surface area (Å²) in [5.41, 5.74) is 6.53. The van der Waals surface area contributed by atoms with Crippen molar-refractivity contribution in [2.75, 3.05) is 6.61 Å². The van der Waals surface area contributed by atoms with E-state index < -0.39 is 0 Å². The van der Waals surface area contributed by atoms with Crippen LogP contribution >= 0.6 is 0 Å². The van der Waals surface area contributed by atoms with E-state index in [2.05, 4.69) is 67.6 Å². The molecule has 7 rings (SSSR count). The molecule has 0 aliphatic heterocycles. The number of hydrogen-bond acceptors (Lipinski definition) is 4. The van der Waals surface area contributed by atoms with Crippen LogP contribution in [0.5, 0.6) is 5.75 Å². The number of ether oxygens (including phenoxy) is 1. The molecule has 4 aromatic carbocycles. The van der Waals surface area contributed by atoms with Crippen molar-refractivity contribution in [3.05, 3.63) is 135 Å². The Hall–Kier alpha value is -6.17. The molecule has 3 aliphatic rings. The van der Waals surface area contributed by atoms with Crippen LogP contribution in [-0.4, -0.2) is 6.61 Å². The van der Waals surface area contributed by atoms with Crippen molar-refractivity contribution in [2.45, 2.75) is 33.1 Å². The zero-order valence-electron chi connectivity index (χ0n) is 26.4. The molecular weight excluding hydrogens is 574 g/mol. The van der Waals surface area contributed by atoms with Crippen molar-refractivity contribution in [3.8, 4) is 59.5 Å². The molecule has 0 N–H and O–H groups in total. The fraction of sp³-hybridized carbons (Fsp3) is 0.233. The summed E-state index contributed by atoms with van der Waals surface area (Å²) in [6.45, 7) is 5.37. The van der Waals surface area contributed by atoms with E-state index in [1.54, 1.807) is 36.4 Å². The lowest BCUT2D eigenvalue weighted by Gasteiger charge is -2.60. The Morgan fingerprint density at radius 2 is 0.979 bits per heavy atom. The number of rotatable bonds is 3. The van der Waals surface area contributed by atoms with Crippen LogP contribution in [0.4, 0.5) is 0 Å². The molecule has 3 saturated carbocycles. The third-order valence-electron chi connectivity index (χ3n) is 9.61. The third kappa shape index (κ3) is 6.91. The van der Waals surface area contributed by atoms with Crippen molar-refractivity contribution in [1.29, 1.82) is 15.8 Å². The van der Waals surface area contributed by atoms with Gasteiger partial charge in [-0.3, -0.25) is 0 Å². The van der Waals surface area contributed by atoms with Gasteiger partial charge in [-0.1, -0.05) is 49.4 Å². The highest BCUT2D eigenvalue weighted by Gasteiger charge is 2.54. The third-order valence-corrected chi connectivity index (χ3v) is 9.61. The minimum Gasteiger partial charge on any atom is -0.491 e. The average molecular weight is 606 g/mol. The molecule has 4 aromatic rings. The Labute approximate surface area is 277 Å². The van der Waals surface area contributed by atoms with Crippen molar-refractivity contribution < 1.29 is 4.74 Å². The standard InChI is InChI=1S/C43H31N3O/c1-43(2)40-22-21-39(41(43)25-40)29-47-42-37(19-17-31-5-12-34(27-45)13-6-31)23-36(16-9-30-3-10-33(26-44)11-4-30)24-38(42)20-18-32-7-14-35(28-46)15-8-32/h3-8,10-15,23-24,39-41H,21-22,25,29H2,1-2H3/t39-,40+,41+/m1/s1. The molecule has 0 radical (unpaired) electrons. The van der Waals surface area contributed by atoms with Crippen molar-refractivity contribution >= 4 is 0 Å². The van der Waals surface area contributed by atoms with Gasteiger partial charge in [0, 0.05) is 22.3 Å². The van der Waals surface area contributed by atoms with Gasteiger partial charge in [-0.2, -0.15) is 15.8 Å². The van der Waals surface area contributed by atoms with Gasteiger partial charge in [0.15, 0.2) is 5.75 Å². The molecule has 0 heterocycles. The van der Waals surface area contributed by atoms with Gasteiger partial charge in [-0.05, 0) is 127 Å². The van der Waals surface area contributed by atoms with Gasteiger partial charge >= 0.3 is 0 Å². The maximum Gasteiger partial charge on any atom is 0.150 e. The second kappa shape index (κ2) is 13.4. The van der Waals surface area contributed by atoms with E-state index in [1.165, 1.54) is 12.8 Å². The topological polar surface area (TPSA) is 80.6 Å². The van der Waals surface area contributed by atoms with Crippen LogP contribution < -0.4 is 4.74 Å². The average Bonchev–Trinajstić information content (AvgIpc) is 3.12. The van der Waals surface area contributed by atoms with Gasteiger partial charge < -0.3 is 4.74 Å². The molecule has 0 aromatic heterocycles. The quantitative estimate of drug-likeness (QED) is 0.222. The lowest BCUT2D eigenvalue weighted by atomic mass is 9.46. The number of benzene rings is 4. The minimum absolute atomic E-state index is 0.341. The van der Waals surface area contributed by atoms with Crippen molar-refractivity contribution in [2.24, 2.45) is 23.2 Å². The van der Waals surface area contributed by atoms with E-state index in [0.29, 0.717) is 57.4 Å². The van der Waals surface area contributed by atoms with Crippen LogP contribution in [0.3, 0.4) is 0 Å². The van der Waals surface area contributed by atoms with Crippen LogP contribution in [0.15, 0.2) is 84.9 Å². The first-order valence-electron chi connectivity index (χ1n) is 15.7. The molecule has 47 heavy (non-hydrogen) atoms. The Bertz CT molecular complexity index is 2040. The summed E-state index contributed by atoms with van der Waals surface area (Å²) in [6.07, 6.45) is 3.66. The summed E-state index contributed by atoms with van der Waals surface area (Å²) in [5.74, 6) is 22.2. The van der Waals surface area contributed by atoms with Gasteiger partial charge in [0.2, 0.25) is 0 Å². The summed E-state index contributed by atoms with van der Waals surface area (Å²) in [5, 5.41) is 27.6. The Morgan fingerprint density at radius 3 is 1.38 bits per heavy atom. The molecule has 4 heteroatoms. The van der Waals surface area contributed by atoms with E-state index in [9.17, 15) is 10.5 Å². The zero-order valence-corrected chi connectivity index (χ0v) is 26.4. The number of hydrogen-bond donors (Lipinski definition) is 0. The van der Waals surface area contributed by atoms with E-state index in [1.807, 2.05) is 48.5 Å². The highest BCUT2D eigenvalue weighted by molar-refractivity contribution is 5.63. The molecular formula is C43H31N3O. The van der Waals surface area contributed by atoms with Gasteiger partial charge in [0.05, 0.1) is 52.6 Å². The predicted octanol–water partition coefficient (Wildman–Crippen LogP) is 7.95. The number of nitrogens with zero attached hydrogens (tertiary/aromatic N) is 3. The van der Waals surface area contributed by atoms with Gasteiger partial charge in [-0.25, -0.2) is 0 Å². The highest BCUT2D eigenvalue weighted by atomic mass is 16.5. The summed E-state index contributed by atoms with van der Waals surface area (Å²) in [4.78, 5) is 0. The van der Waals surface area contributed by atoms with Crippen molar-refractivity contribution in [1.82, 2.24) is 0 Å². The van der Waals surface area contributed by atoms with Gasteiger partial charge in [0.25, 0.3) is 0 Å². The van der Waals surface area contributed by atoms with Gasteiger partial charge in [0.1, 0.15) is 0 Å². The SMILES string of the molecule is CC1(C)[C@H]2CC[C@H](COc3c(C#Cc4ccc(C#N)cc4)cc(C#Cc4ccc(C#N)cc4)cc3C#Cc3ccc(C#N)cc3)[C@@H]1C2. The van der Waals surface area contributed by atoms with Crippen LogP contribution in [0.2, 0.25) is 0 Å². The molecule has 0 unspecified atom stereocenters. The van der Waals surface area contributed by atoms with E-state index in [4.69, 9.17) is 10.00 Å². The first-order valence-corrected chi connectivity index (χ1v) is 15.7. The van der Waals surface area contributed by atoms with E-state index in [0.717, 1.165) is 34.6 Å². The first kappa shape index (κ1) is 30.8. The fourth-order valence-electron chi connectivity index (χ4n) is 6.70. The second-order valence-corrected chi connectivity index (χ2v) is 12.7. The molecule has 3 aliphatic carbocycles. The number of fused-ring (bicyclic) bond motifs is 2. The maximum absolute atomic E-state index is 9.22. The largest absolute Gasteiger partial charge is 0.491 e. The second-order valence-electron chi connectivity index (χ2n) is 12.7. The summed E-state index contributed by atoms with van der Waals surface area (Å²) >= 11 is 0. The summed E-state index contributed by atoms with van der Waals surface area (Å²) in [6, 6.07) is 31.9. The Balaban J connectivity index is 1.43. The molecule has 3 atom stereocenters. The molecule has 3 fully saturated rings. The van der Waals surface area contributed by atoms with Crippen LogP contribution in [0, 0.1) is 92.7 Å². The van der Waals surface area contributed by atoms with E-state index >= 15 is 0 Å². The lowest BCUT2D eigenvalue weighted by molar-refractivity contribution is -0.114. The van der Waals surface area contributed by atoms with Crippen LogP contribution in [0.1, 0.15) is 83.2 Å². The summed E-state index contributed by atoms with van der Waals surface area (Å²) in [7, 11) is 0. The van der Waals surface area contributed by atoms with Crippen LogP contribution in [0.25, 0.3) is 0 Å². The highest BCUT2D eigenvalue weighted by Crippen LogP contribution is 2.61. The van der Waals surface area contributed by atoms with Crippen molar-refractivity contribution in [3.63, 3.8) is 0 Å². The molecule has 4 nitrogen and oxygen atoms in total. The minimum atomic E-state index is 0.341. The van der Waals surface area contributed by atoms with Crippen LogP contribution in [-0.2, 0) is 0 Å². The van der Waals surface area contributed by atoms with Gasteiger partial charge in [-0.15, -0.1) is 0 Å². The summed E-state index contributed by atoms with van der Waals surface area (Å²) < 4.78 is 6.72. The van der Waals surface area contributed by atoms with E-state index in [-0.39, 0.29) is 0 Å². The number of nitriles is 3. The fourth-order valence-corrected chi connectivity index (χ4v) is 6.70. The predicted molar refractivity (Wildman–Crippen MR) is 181 cm³/mol.